The Morgan fingerprint density at radius 3 is 2.16 bits per heavy atom. The molecule has 1 N–H and O–H groups in total. The molecule has 1 amide bonds. The fourth-order valence-corrected chi connectivity index (χ4v) is 5.25. The molecule has 0 bridgehead atoms. The number of nitrogens with one attached hydrogen (secondary N) is 1. The van der Waals surface area contributed by atoms with Gasteiger partial charge in [0.25, 0.3) is 10.0 Å². The smallest absolute Gasteiger partial charge is 0.264 e. The zero-order chi connectivity index (χ0) is 27.0. The van der Waals surface area contributed by atoms with Crippen LogP contribution in [0.4, 0.5) is 5.69 Å². The number of carbonyl (C=O) groups is 1. The minimum atomic E-state index is -4.17. The lowest BCUT2D eigenvalue weighted by molar-refractivity contribution is -0.120. The topological polar surface area (TPSA) is 103 Å². The van der Waals surface area contributed by atoms with Gasteiger partial charge in [-0.05, 0) is 56.3 Å². The number of amides is 1. The third-order valence-corrected chi connectivity index (χ3v) is 7.42. The second-order valence-electron chi connectivity index (χ2n) is 7.99. The molecule has 10 heteroatoms. The number of benzene rings is 3. The number of sulfonamides is 1. The third kappa shape index (κ3) is 6.45. The molecule has 3 aromatic rings. The van der Waals surface area contributed by atoms with Crippen molar-refractivity contribution < 1.29 is 32.2 Å². The molecule has 0 saturated carbocycles. The summed E-state index contributed by atoms with van der Waals surface area (Å²) in [6, 6.07) is 17.7. The van der Waals surface area contributed by atoms with Gasteiger partial charge < -0.3 is 24.3 Å². The predicted octanol–water partition coefficient (Wildman–Crippen LogP) is 4.18. The van der Waals surface area contributed by atoms with Gasteiger partial charge in [-0.3, -0.25) is 9.10 Å². The van der Waals surface area contributed by atoms with Crippen LogP contribution in [0, 0.1) is 0 Å². The first-order valence-corrected chi connectivity index (χ1v) is 13.1. The average molecular weight is 529 g/mol. The van der Waals surface area contributed by atoms with Crippen molar-refractivity contribution in [3.05, 3.63) is 72.3 Å². The van der Waals surface area contributed by atoms with E-state index in [0.29, 0.717) is 29.5 Å². The lowest BCUT2D eigenvalue weighted by atomic mass is 10.1. The molecular weight excluding hydrogens is 496 g/mol. The molecule has 0 aliphatic rings. The zero-order valence-electron chi connectivity index (χ0n) is 21.6. The third-order valence-electron chi connectivity index (χ3n) is 5.65. The van der Waals surface area contributed by atoms with Crippen LogP contribution in [0.1, 0.15) is 25.5 Å². The van der Waals surface area contributed by atoms with Crippen LogP contribution < -0.4 is 28.6 Å². The summed E-state index contributed by atoms with van der Waals surface area (Å²) < 4.78 is 50.0. The number of hydrogen-bond acceptors (Lipinski definition) is 7. The Bertz CT molecular complexity index is 1310. The Morgan fingerprint density at radius 1 is 0.892 bits per heavy atom. The maximum absolute atomic E-state index is 13.8. The minimum absolute atomic E-state index is 0.0513. The van der Waals surface area contributed by atoms with Crippen LogP contribution >= 0.6 is 0 Å². The van der Waals surface area contributed by atoms with Crippen LogP contribution in [0.5, 0.6) is 23.0 Å². The lowest BCUT2D eigenvalue weighted by Gasteiger charge is -2.26. The molecule has 0 heterocycles. The second kappa shape index (κ2) is 12.4. The van der Waals surface area contributed by atoms with Crippen LogP contribution in [0.3, 0.4) is 0 Å². The van der Waals surface area contributed by atoms with Gasteiger partial charge in [-0.2, -0.15) is 0 Å². The van der Waals surface area contributed by atoms with E-state index in [-0.39, 0.29) is 10.6 Å². The summed E-state index contributed by atoms with van der Waals surface area (Å²) in [5, 5.41) is 2.87. The molecule has 198 valence electrons. The SMILES string of the molecule is CCOc1ccc(N(CC(=O)NC(C)c2ccccc2OC)S(=O)(=O)c2ccc(OC)c(OC)c2)cc1. The summed E-state index contributed by atoms with van der Waals surface area (Å²) in [6.45, 7) is 3.68. The van der Waals surface area contributed by atoms with Crippen molar-refractivity contribution in [3.63, 3.8) is 0 Å². The Labute approximate surface area is 218 Å². The Kier molecular flexibility index (Phi) is 9.24. The summed E-state index contributed by atoms with van der Waals surface area (Å²) >= 11 is 0. The Balaban J connectivity index is 1.96. The molecule has 1 atom stereocenters. The number of ether oxygens (including phenoxy) is 4. The lowest BCUT2D eigenvalue weighted by Crippen LogP contribution is -2.41. The van der Waals surface area contributed by atoms with Crippen molar-refractivity contribution in [1.82, 2.24) is 5.32 Å². The number of nitrogens with zero attached hydrogens (tertiary/aromatic N) is 1. The van der Waals surface area contributed by atoms with Crippen LogP contribution in [-0.4, -0.2) is 48.8 Å². The molecule has 0 aromatic heterocycles. The zero-order valence-corrected chi connectivity index (χ0v) is 22.4. The number of para-hydroxylation sites is 1. The first-order valence-electron chi connectivity index (χ1n) is 11.6. The Hall–Kier alpha value is -3.92. The molecule has 0 aliphatic carbocycles. The van der Waals surface area contributed by atoms with E-state index in [4.69, 9.17) is 18.9 Å². The standard InChI is InChI=1S/C27H32N2O7S/c1-6-36-21-13-11-20(12-14-21)29(37(31,32)22-15-16-25(34-4)26(17-22)35-5)18-27(30)28-19(2)23-9-7-8-10-24(23)33-3/h7-17,19H,6,18H2,1-5H3,(H,28,30). The van der Waals surface area contributed by atoms with E-state index >= 15 is 0 Å². The summed E-state index contributed by atoms with van der Waals surface area (Å²) in [7, 11) is 0.264. The van der Waals surface area contributed by atoms with Gasteiger partial charge in [-0.15, -0.1) is 0 Å². The van der Waals surface area contributed by atoms with Crippen LogP contribution in [0.25, 0.3) is 0 Å². The highest BCUT2D eigenvalue weighted by molar-refractivity contribution is 7.92. The maximum atomic E-state index is 13.8. The quantitative estimate of drug-likeness (QED) is 0.376. The van der Waals surface area contributed by atoms with Gasteiger partial charge in [0.2, 0.25) is 5.91 Å². The molecule has 37 heavy (non-hydrogen) atoms. The van der Waals surface area contributed by atoms with Crippen LogP contribution in [0.2, 0.25) is 0 Å². The van der Waals surface area contributed by atoms with E-state index in [1.807, 2.05) is 25.1 Å². The summed E-state index contributed by atoms with van der Waals surface area (Å²) in [6.07, 6.45) is 0. The molecule has 1 unspecified atom stereocenters. The molecule has 0 radical (unpaired) electrons. The summed E-state index contributed by atoms with van der Waals surface area (Å²) in [4.78, 5) is 13.1. The van der Waals surface area contributed by atoms with Crippen LogP contribution in [0.15, 0.2) is 71.6 Å². The molecule has 0 fully saturated rings. The van der Waals surface area contributed by atoms with Gasteiger partial charge >= 0.3 is 0 Å². The van der Waals surface area contributed by atoms with Crippen molar-refractivity contribution in [3.8, 4) is 23.0 Å². The van der Waals surface area contributed by atoms with Gasteiger partial charge in [0.1, 0.15) is 18.0 Å². The molecule has 0 saturated heterocycles. The van der Waals surface area contributed by atoms with E-state index < -0.39 is 28.5 Å². The number of hydrogen-bond donors (Lipinski definition) is 1. The highest BCUT2D eigenvalue weighted by Gasteiger charge is 2.29. The number of methoxy groups -OCH3 is 3. The molecule has 3 aromatic carbocycles. The van der Waals surface area contributed by atoms with Gasteiger partial charge in [0, 0.05) is 11.6 Å². The first kappa shape index (κ1) is 27.7. The van der Waals surface area contributed by atoms with Crippen molar-refractivity contribution in [1.29, 1.82) is 0 Å². The van der Waals surface area contributed by atoms with Crippen molar-refractivity contribution in [2.24, 2.45) is 0 Å². The van der Waals surface area contributed by atoms with Gasteiger partial charge in [-0.1, -0.05) is 18.2 Å². The fourth-order valence-electron chi connectivity index (χ4n) is 3.81. The number of rotatable bonds is 12. The Morgan fingerprint density at radius 2 is 1.54 bits per heavy atom. The molecule has 9 nitrogen and oxygen atoms in total. The number of anilines is 1. The van der Waals surface area contributed by atoms with E-state index in [1.165, 1.54) is 32.4 Å². The van der Waals surface area contributed by atoms with Crippen molar-refractivity contribution >= 4 is 21.6 Å². The molecule has 0 spiro atoms. The molecule has 0 aliphatic heterocycles. The second-order valence-corrected chi connectivity index (χ2v) is 9.85. The minimum Gasteiger partial charge on any atom is -0.496 e. The average Bonchev–Trinajstić information content (AvgIpc) is 2.91. The fraction of sp³-hybridized carbons (Fsp3) is 0.296. The molecule has 3 rings (SSSR count). The molecular formula is C27H32N2O7S. The normalized spacial score (nSPS) is 11.8. The highest BCUT2D eigenvalue weighted by Crippen LogP contribution is 2.33. The largest absolute Gasteiger partial charge is 0.496 e. The monoisotopic (exact) mass is 528 g/mol. The van der Waals surface area contributed by atoms with E-state index in [0.717, 1.165) is 9.87 Å². The van der Waals surface area contributed by atoms with E-state index in [1.54, 1.807) is 44.4 Å². The van der Waals surface area contributed by atoms with Crippen molar-refractivity contribution in [2.45, 2.75) is 24.8 Å². The number of carbonyl (C=O) groups excluding carboxylic acids is 1. The first-order chi connectivity index (χ1) is 17.7. The summed E-state index contributed by atoms with van der Waals surface area (Å²) in [5.41, 5.74) is 1.08. The van der Waals surface area contributed by atoms with Gasteiger partial charge in [0.05, 0.1) is 44.6 Å². The maximum Gasteiger partial charge on any atom is 0.264 e. The van der Waals surface area contributed by atoms with Gasteiger partial charge in [-0.25, -0.2) is 8.42 Å². The highest BCUT2D eigenvalue weighted by atomic mass is 32.2. The summed E-state index contributed by atoms with van der Waals surface area (Å²) in [5.74, 6) is 1.36. The van der Waals surface area contributed by atoms with Crippen LogP contribution in [-0.2, 0) is 14.8 Å². The van der Waals surface area contributed by atoms with E-state index in [2.05, 4.69) is 5.32 Å². The predicted molar refractivity (Wildman–Crippen MR) is 141 cm³/mol. The van der Waals surface area contributed by atoms with Gasteiger partial charge in [0.15, 0.2) is 11.5 Å². The van der Waals surface area contributed by atoms with Crippen molar-refractivity contribution in [2.75, 3.05) is 38.8 Å². The van der Waals surface area contributed by atoms with E-state index in [9.17, 15) is 13.2 Å².